The SMILES string of the molecule is Brc1ccccc1C1OCc2conc21. The first-order valence-electron chi connectivity index (χ1n) is 4.65. The van der Waals surface area contributed by atoms with Gasteiger partial charge >= 0.3 is 0 Å². The van der Waals surface area contributed by atoms with Crippen LogP contribution in [0.5, 0.6) is 0 Å². The molecule has 3 nitrogen and oxygen atoms in total. The molecule has 1 unspecified atom stereocenters. The Morgan fingerprint density at radius 2 is 2.20 bits per heavy atom. The first-order chi connectivity index (χ1) is 7.36. The zero-order valence-electron chi connectivity index (χ0n) is 7.81. The molecule has 2 heterocycles. The number of halogens is 1. The van der Waals surface area contributed by atoms with Gasteiger partial charge in [-0.05, 0) is 6.07 Å². The molecule has 0 bridgehead atoms. The van der Waals surface area contributed by atoms with Gasteiger partial charge < -0.3 is 9.26 Å². The Hall–Kier alpha value is -1.13. The molecule has 1 aromatic carbocycles. The van der Waals surface area contributed by atoms with E-state index in [1.165, 1.54) is 0 Å². The standard InChI is InChI=1S/C11H8BrNO2/c12-9-4-2-1-3-8(9)11-10-7(5-14-11)6-15-13-10/h1-4,6,11H,5H2. The van der Waals surface area contributed by atoms with Crippen molar-refractivity contribution >= 4 is 15.9 Å². The molecular weight excluding hydrogens is 258 g/mol. The average Bonchev–Trinajstić information content (AvgIpc) is 2.80. The van der Waals surface area contributed by atoms with E-state index < -0.39 is 0 Å². The Kier molecular flexibility index (Phi) is 2.11. The quantitative estimate of drug-likeness (QED) is 0.795. The molecule has 0 saturated carbocycles. The molecule has 1 aromatic heterocycles. The lowest BCUT2D eigenvalue weighted by atomic mass is 10.1. The van der Waals surface area contributed by atoms with E-state index in [0.717, 1.165) is 21.3 Å². The zero-order chi connectivity index (χ0) is 10.3. The van der Waals surface area contributed by atoms with Gasteiger partial charge in [-0.25, -0.2) is 0 Å². The van der Waals surface area contributed by atoms with Crippen molar-refractivity contribution in [2.75, 3.05) is 0 Å². The molecule has 0 fully saturated rings. The van der Waals surface area contributed by atoms with Gasteiger partial charge in [-0.3, -0.25) is 0 Å². The van der Waals surface area contributed by atoms with Crippen LogP contribution in [0.2, 0.25) is 0 Å². The number of hydrogen-bond acceptors (Lipinski definition) is 3. The number of aromatic nitrogens is 1. The van der Waals surface area contributed by atoms with Gasteiger partial charge in [-0.2, -0.15) is 0 Å². The third-order valence-electron chi connectivity index (χ3n) is 2.52. The first-order valence-corrected chi connectivity index (χ1v) is 5.45. The summed E-state index contributed by atoms with van der Waals surface area (Å²) in [5.74, 6) is 0. The Balaban J connectivity index is 2.08. The summed E-state index contributed by atoms with van der Waals surface area (Å²) < 4.78 is 11.6. The van der Waals surface area contributed by atoms with Gasteiger partial charge in [0.25, 0.3) is 0 Å². The van der Waals surface area contributed by atoms with Gasteiger partial charge in [-0.1, -0.05) is 39.3 Å². The fraction of sp³-hybridized carbons (Fsp3) is 0.182. The van der Waals surface area contributed by atoms with E-state index >= 15 is 0 Å². The van der Waals surface area contributed by atoms with Crippen LogP contribution >= 0.6 is 15.9 Å². The Morgan fingerprint density at radius 3 is 3.07 bits per heavy atom. The molecule has 1 aliphatic rings. The summed E-state index contributed by atoms with van der Waals surface area (Å²) in [6, 6.07) is 7.99. The lowest BCUT2D eigenvalue weighted by Gasteiger charge is -2.10. The monoisotopic (exact) mass is 265 g/mol. The molecule has 0 amide bonds. The van der Waals surface area contributed by atoms with Crippen LogP contribution in [0.3, 0.4) is 0 Å². The highest BCUT2D eigenvalue weighted by Crippen LogP contribution is 2.37. The van der Waals surface area contributed by atoms with Crippen LogP contribution in [0.25, 0.3) is 0 Å². The first kappa shape index (κ1) is 9.12. The van der Waals surface area contributed by atoms with Gasteiger partial charge in [0.05, 0.1) is 6.61 Å². The van der Waals surface area contributed by atoms with Crippen LogP contribution in [0.4, 0.5) is 0 Å². The van der Waals surface area contributed by atoms with Gasteiger partial charge in [0.1, 0.15) is 18.1 Å². The molecule has 2 aromatic rings. The van der Waals surface area contributed by atoms with Crippen molar-refractivity contribution in [1.82, 2.24) is 5.16 Å². The van der Waals surface area contributed by atoms with Gasteiger partial charge in [-0.15, -0.1) is 0 Å². The topological polar surface area (TPSA) is 35.3 Å². The van der Waals surface area contributed by atoms with Crippen LogP contribution in [0.15, 0.2) is 39.5 Å². The van der Waals surface area contributed by atoms with E-state index in [2.05, 4.69) is 21.1 Å². The zero-order valence-corrected chi connectivity index (χ0v) is 9.40. The number of ether oxygens (including phenoxy) is 1. The molecule has 0 aliphatic carbocycles. The molecular formula is C11H8BrNO2. The summed E-state index contributed by atoms with van der Waals surface area (Å²) in [5.41, 5.74) is 3.02. The Bertz CT molecular complexity index is 495. The number of rotatable bonds is 1. The highest BCUT2D eigenvalue weighted by molar-refractivity contribution is 9.10. The highest BCUT2D eigenvalue weighted by atomic mass is 79.9. The van der Waals surface area contributed by atoms with Crippen molar-refractivity contribution in [1.29, 1.82) is 0 Å². The molecule has 1 aliphatic heterocycles. The molecule has 4 heteroatoms. The third-order valence-corrected chi connectivity index (χ3v) is 3.24. The molecule has 1 atom stereocenters. The molecule has 0 spiro atoms. The third kappa shape index (κ3) is 1.41. The van der Waals surface area contributed by atoms with Gasteiger partial charge in [0.2, 0.25) is 0 Å². The summed E-state index contributed by atoms with van der Waals surface area (Å²) in [4.78, 5) is 0. The van der Waals surface area contributed by atoms with Gasteiger partial charge in [0, 0.05) is 15.6 Å². The van der Waals surface area contributed by atoms with E-state index in [-0.39, 0.29) is 6.10 Å². The fourth-order valence-corrected chi connectivity index (χ4v) is 2.26. The lowest BCUT2D eigenvalue weighted by molar-refractivity contribution is 0.0858. The molecule has 3 rings (SSSR count). The van der Waals surface area contributed by atoms with E-state index in [0.29, 0.717) is 6.61 Å². The van der Waals surface area contributed by atoms with Crippen LogP contribution in [0, 0.1) is 0 Å². The van der Waals surface area contributed by atoms with E-state index in [1.807, 2.05) is 24.3 Å². The number of benzene rings is 1. The second-order valence-corrected chi connectivity index (χ2v) is 4.29. The van der Waals surface area contributed by atoms with Crippen molar-refractivity contribution in [3.8, 4) is 0 Å². The predicted octanol–water partition coefficient (Wildman–Crippen LogP) is 3.06. The second kappa shape index (κ2) is 3.47. The minimum absolute atomic E-state index is 0.102. The van der Waals surface area contributed by atoms with Gasteiger partial charge in [0.15, 0.2) is 0 Å². The summed E-state index contributed by atoms with van der Waals surface area (Å²) in [5, 5.41) is 3.97. The van der Waals surface area contributed by atoms with Crippen molar-refractivity contribution < 1.29 is 9.26 Å². The molecule has 15 heavy (non-hydrogen) atoms. The number of nitrogens with zero attached hydrogens (tertiary/aromatic N) is 1. The van der Waals surface area contributed by atoms with Crippen molar-refractivity contribution in [3.05, 3.63) is 51.8 Å². The van der Waals surface area contributed by atoms with Crippen LogP contribution in [-0.4, -0.2) is 5.16 Å². The Labute approximate surface area is 95.2 Å². The van der Waals surface area contributed by atoms with E-state index in [1.54, 1.807) is 6.26 Å². The molecule has 0 N–H and O–H groups in total. The normalized spacial score (nSPS) is 19.1. The summed E-state index contributed by atoms with van der Waals surface area (Å²) >= 11 is 3.51. The Morgan fingerprint density at radius 1 is 1.33 bits per heavy atom. The maximum atomic E-state index is 5.68. The average molecular weight is 266 g/mol. The van der Waals surface area contributed by atoms with Crippen molar-refractivity contribution in [2.24, 2.45) is 0 Å². The molecule has 0 radical (unpaired) electrons. The maximum absolute atomic E-state index is 5.68. The largest absolute Gasteiger partial charge is 0.364 e. The minimum Gasteiger partial charge on any atom is -0.364 e. The summed E-state index contributed by atoms with van der Waals surface area (Å²) in [7, 11) is 0. The highest BCUT2D eigenvalue weighted by Gasteiger charge is 2.29. The predicted molar refractivity (Wildman–Crippen MR) is 57.3 cm³/mol. The van der Waals surface area contributed by atoms with Crippen LogP contribution < -0.4 is 0 Å². The minimum atomic E-state index is -0.102. The van der Waals surface area contributed by atoms with Crippen LogP contribution in [-0.2, 0) is 11.3 Å². The molecule has 0 saturated heterocycles. The second-order valence-electron chi connectivity index (χ2n) is 3.44. The molecule has 76 valence electrons. The van der Waals surface area contributed by atoms with E-state index in [9.17, 15) is 0 Å². The fourth-order valence-electron chi connectivity index (χ4n) is 1.77. The number of fused-ring (bicyclic) bond motifs is 1. The van der Waals surface area contributed by atoms with Crippen LogP contribution in [0.1, 0.15) is 22.9 Å². The maximum Gasteiger partial charge on any atom is 0.130 e. The lowest BCUT2D eigenvalue weighted by Crippen LogP contribution is -2.00. The number of hydrogen-bond donors (Lipinski definition) is 0. The van der Waals surface area contributed by atoms with Crippen molar-refractivity contribution in [2.45, 2.75) is 12.7 Å². The van der Waals surface area contributed by atoms with E-state index in [4.69, 9.17) is 9.26 Å². The summed E-state index contributed by atoms with van der Waals surface area (Å²) in [6.45, 7) is 0.574. The smallest absolute Gasteiger partial charge is 0.130 e. The summed E-state index contributed by atoms with van der Waals surface area (Å²) in [6.07, 6.45) is 1.54. The van der Waals surface area contributed by atoms with Crippen molar-refractivity contribution in [3.63, 3.8) is 0 Å².